The van der Waals surface area contributed by atoms with Crippen molar-refractivity contribution in [1.82, 2.24) is 0 Å². The van der Waals surface area contributed by atoms with E-state index >= 15 is 0 Å². The average molecular weight is 132 g/mol. The lowest BCUT2D eigenvalue weighted by molar-refractivity contribution is 0.221. The van der Waals surface area contributed by atoms with Crippen molar-refractivity contribution in [2.75, 3.05) is 12.3 Å². The average Bonchev–Trinajstić information content (AvgIpc) is 2.12. The molecule has 8 heavy (non-hydrogen) atoms. The van der Waals surface area contributed by atoms with Crippen molar-refractivity contribution >= 4 is 13.6 Å². The first-order chi connectivity index (χ1) is 3.80. The zero-order chi connectivity index (χ0) is 5.98. The van der Waals surface area contributed by atoms with E-state index in [4.69, 9.17) is 5.11 Å². The molecule has 0 aromatic rings. The van der Waals surface area contributed by atoms with Crippen LogP contribution in [0.15, 0.2) is 0 Å². The molecule has 0 radical (unpaired) electrons. The van der Waals surface area contributed by atoms with Crippen LogP contribution in [0.1, 0.15) is 12.8 Å². The first-order valence-electron chi connectivity index (χ1n) is 2.78. The molecule has 3 heteroatoms. The second-order valence-electron chi connectivity index (χ2n) is 1.98. The van der Waals surface area contributed by atoms with Gasteiger partial charge in [-0.25, -0.2) is 4.79 Å². The van der Waals surface area contributed by atoms with Gasteiger partial charge in [0.25, 0.3) is 0 Å². The van der Waals surface area contributed by atoms with Crippen molar-refractivity contribution < 1.29 is 9.90 Å². The van der Waals surface area contributed by atoms with Crippen molar-refractivity contribution in [3.05, 3.63) is 0 Å². The van der Waals surface area contributed by atoms with Crippen LogP contribution in [0.25, 0.3) is 0 Å². The molecule has 2 nitrogen and oxygen atoms in total. The van der Waals surface area contributed by atoms with Gasteiger partial charge in [-0.1, -0.05) is 0 Å². The predicted octanol–water partition coefficient (Wildman–Crippen LogP) is 1.94. The smallest absolute Gasteiger partial charge is 0.323 e. The summed E-state index contributed by atoms with van der Waals surface area (Å²) >= 11 is 0. The van der Waals surface area contributed by atoms with Crippen LogP contribution in [-0.4, -0.2) is 23.1 Å². The van der Waals surface area contributed by atoms with Crippen molar-refractivity contribution in [2.45, 2.75) is 12.8 Å². The standard InChI is InChI=1S/C5H9O2P/c6-5(7)8-3-1-2-4-8/h1-4H2,(H,6,7). The molecule has 0 spiro atoms. The lowest BCUT2D eigenvalue weighted by atomic mass is 10.4. The summed E-state index contributed by atoms with van der Waals surface area (Å²) in [6.45, 7) is 0. The van der Waals surface area contributed by atoms with Gasteiger partial charge in [0.2, 0.25) is 0 Å². The molecular weight excluding hydrogens is 123 g/mol. The highest BCUT2D eigenvalue weighted by molar-refractivity contribution is 7.74. The Morgan fingerprint density at radius 1 is 1.38 bits per heavy atom. The maximum Gasteiger partial charge on any atom is 0.323 e. The van der Waals surface area contributed by atoms with Gasteiger partial charge in [0.15, 0.2) is 0 Å². The zero-order valence-electron chi connectivity index (χ0n) is 4.63. The van der Waals surface area contributed by atoms with Crippen LogP contribution in [0.4, 0.5) is 4.79 Å². The van der Waals surface area contributed by atoms with Crippen molar-refractivity contribution in [1.29, 1.82) is 0 Å². The molecule has 0 aromatic heterocycles. The predicted molar refractivity (Wildman–Crippen MR) is 33.9 cm³/mol. The van der Waals surface area contributed by atoms with Crippen molar-refractivity contribution in [2.24, 2.45) is 0 Å². The van der Waals surface area contributed by atoms with Gasteiger partial charge < -0.3 is 5.11 Å². The topological polar surface area (TPSA) is 37.3 Å². The van der Waals surface area contributed by atoms with E-state index in [1.54, 1.807) is 0 Å². The van der Waals surface area contributed by atoms with Gasteiger partial charge in [0.1, 0.15) is 0 Å². The fraction of sp³-hybridized carbons (Fsp3) is 0.800. The molecule has 0 aromatic carbocycles. The van der Waals surface area contributed by atoms with Gasteiger partial charge in [-0.15, -0.1) is 0 Å². The molecule has 0 amide bonds. The number of rotatable bonds is 1. The fourth-order valence-electron chi connectivity index (χ4n) is 0.908. The minimum absolute atomic E-state index is 0.544. The van der Waals surface area contributed by atoms with E-state index in [1.165, 1.54) is 0 Å². The number of hydrogen-bond acceptors (Lipinski definition) is 1. The van der Waals surface area contributed by atoms with E-state index < -0.39 is 13.6 Å². The van der Waals surface area contributed by atoms with Crippen LogP contribution in [0.5, 0.6) is 0 Å². The Balaban J connectivity index is 2.35. The SMILES string of the molecule is O=C(O)P1CCCC1. The molecule has 1 aliphatic rings. The Labute approximate surface area is 49.6 Å². The highest BCUT2D eigenvalue weighted by Gasteiger charge is 2.20. The first-order valence-corrected chi connectivity index (χ1v) is 4.50. The van der Waals surface area contributed by atoms with E-state index in [0.29, 0.717) is 0 Å². The largest absolute Gasteiger partial charge is 0.478 e. The van der Waals surface area contributed by atoms with Crippen LogP contribution >= 0.6 is 7.92 Å². The van der Waals surface area contributed by atoms with E-state index in [2.05, 4.69) is 0 Å². The normalized spacial score (nSPS) is 21.5. The molecule has 0 saturated carbocycles. The molecule has 0 aliphatic carbocycles. The molecule has 1 heterocycles. The van der Waals surface area contributed by atoms with Crippen LogP contribution < -0.4 is 0 Å². The molecule has 1 saturated heterocycles. The molecule has 46 valence electrons. The summed E-state index contributed by atoms with van der Waals surface area (Å²) in [5.74, 6) is 0. The van der Waals surface area contributed by atoms with Gasteiger partial charge in [-0.3, -0.25) is 0 Å². The zero-order valence-corrected chi connectivity index (χ0v) is 5.53. The number of carbonyl (C=O) groups is 1. The maximum atomic E-state index is 10.2. The van der Waals surface area contributed by atoms with Crippen LogP contribution in [0.2, 0.25) is 0 Å². The number of hydrogen-bond donors (Lipinski definition) is 1. The molecule has 1 fully saturated rings. The van der Waals surface area contributed by atoms with Crippen LogP contribution in [-0.2, 0) is 0 Å². The summed E-state index contributed by atoms with van der Waals surface area (Å²) in [5, 5.41) is 8.44. The van der Waals surface area contributed by atoms with Gasteiger partial charge in [0.05, 0.1) is 0 Å². The minimum atomic E-state index is -0.587. The second kappa shape index (κ2) is 2.45. The Hall–Kier alpha value is -0.100. The van der Waals surface area contributed by atoms with E-state index in [-0.39, 0.29) is 0 Å². The molecular formula is C5H9O2P. The summed E-state index contributed by atoms with van der Waals surface area (Å²) in [5.41, 5.74) is -0.544. The quantitative estimate of drug-likeness (QED) is 0.553. The molecule has 0 bridgehead atoms. The third-order valence-electron chi connectivity index (χ3n) is 1.38. The maximum absolute atomic E-state index is 10.2. The highest BCUT2D eigenvalue weighted by atomic mass is 31.1. The molecule has 1 rings (SSSR count). The van der Waals surface area contributed by atoms with E-state index in [0.717, 1.165) is 25.2 Å². The van der Waals surface area contributed by atoms with E-state index in [9.17, 15) is 4.79 Å². The Bertz CT molecular complexity index is 96.6. The Morgan fingerprint density at radius 2 is 1.88 bits per heavy atom. The van der Waals surface area contributed by atoms with Crippen molar-refractivity contribution in [3.63, 3.8) is 0 Å². The summed E-state index contributed by atoms with van der Waals surface area (Å²) in [4.78, 5) is 10.2. The van der Waals surface area contributed by atoms with Gasteiger partial charge in [-0.05, 0) is 25.2 Å². The molecule has 1 N–H and O–H groups in total. The lowest BCUT2D eigenvalue weighted by Crippen LogP contribution is -1.89. The summed E-state index contributed by atoms with van der Waals surface area (Å²) < 4.78 is 0. The number of carboxylic acid groups (broad SMARTS) is 1. The molecule has 0 atom stereocenters. The second-order valence-corrected chi connectivity index (χ2v) is 4.33. The van der Waals surface area contributed by atoms with Gasteiger partial charge >= 0.3 is 5.71 Å². The lowest BCUT2D eigenvalue weighted by Gasteiger charge is -1.97. The van der Waals surface area contributed by atoms with Crippen molar-refractivity contribution in [3.8, 4) is 0 Å². The van der Waals surface area contributed by atoms with Crippen LogP contribution in [0, 0.1) is 0 Å². The summed E-state index contributed by atoms with van der Waals surface area (Å²) in [7, 11) is -0.587. The van der Waals surface area contributed by atoms with Crippen LogP contribution in [0.3, 0.4) is 0 Å². The third-order valence-corrected chi connectivity index (χ3v) is 3.63. The summed E-state index contributed by atoms with van der Waals surface area (Å²) in [6, 6.07) is 0. The molecule has 0 unspecified atom stereocenters. The fourth-order valence-corrected chi connectivity index (χ4v) is 2.73. The van der Waals surface area contributed by atoms with Gasteiger partial charge in [0, 0.05) is 7.92 Å². The molecule has 1 aliphatic heterocycles. The third kappa shape index (κ3) is 1.19. The van der Waals surface area contributed by atoms with Gasteiger partial charge in [-0.2, -0.15) is 0 Å². The van der Waals surface area contributed by atoms with E-state index in [1.807, 2.05) is 0 Å². The monoisotopic (exact) mass is 132 g/mol. The first kappa shape index (κ1) is 6.03. The summed E-state index contributed by atoms with van der Waals surface area (Å²) in [6.07, 6.45) is 4.20. The minimum Gasteiger partial charge on any atom is -0.478 e. The Morgan fingerprint density at radius 3 is 2.12 bits per heavy atom. The highest BCUT2D eigenvalue weighted by Crippen LogP contribution is 2.43. The Kier molecular flexibility index (Phi) is 1.85.